The van der Waals surface area contributed by atoms with E-state index in [4.69, 9.17) is 5.73 Å². The van der Waals surface area contributed by atoms with E-state index in [1.807, 2.05) is 19.9 Å². The van der Waals surface area contributed by atoms with Crippen LogP contribution >= 0.6 is 0 Å². The number of aryl methyl sites for hydroxylation is 1. The molecule has 3 nitrogen and oxygen atoms in total. The van der Waals surface area contributed by atoms with Crippen LogP contribution in [0.2, 0.25) is 0 Å². The molecule has 1 aromatic rings. The first kappa shape index (κ1) is 15.3. The maximum Gasteiger partial charge on any atom is 0.126 e. The van der Waals surface area contributed by atoms with Gasteiger partial charge in [0, 0.05) is 37.9 Å². The molecule has 1 aliphatic heterocycles. The molecule has 1 heterocycles. The van der Waals surface area contributed by atoms with E-state index in [1.54, 1.807) is 6.07 Å². The monoisotopic (exact) mass is 279 g/mol. The Kier molecular flexibility index (Phi) is 5.00. The van der Waals surface area contributed by atoms with E-state index in [1.165, 1.54) is 6.42 Å². The highest BCUT2D eigenvalue weighted by Crippen LogP contribution is 2.29. The number of benzene rings is 1. The third kappa shape index (κ3) is 3.30. The van der Waals surface area contributed by atoms with E-state index in [0.717, 1.165) is 44.0 Å². The molecule has 4 heteroatoms. The van der Waals surface area contributed by atoms with Crippen molar-refractivity contribution in [3.63, 3.8) is 0 Å². The molecule has 2 rings (SSSR count). The van der Waals surface area contributed by atoms with Gasteiger partial charge in [0.15, 0.2) is 0 Å². The van der Waals surface area contributed by atoms with Crippen LogP contribution in [0.25, 0.3) is 0 Å². The first-order valence-corrected chi connectivity index (χ1v) is 7.55. The van der Waals surface area contributed by atoms with Gasteiger partial charge < -0.3 is 10.6 Å². The average molecular weight is 279 g/mol. The first-order chi connectivity index (χ1) is 9.52. The van der Waals surface area contributed by atoms with Crippen molar-refractivity contribution in [1.82, 2.24) is 4.90 Å². The molecule has 1 aliphatic rings. The number of rotatable bonds is 4. The van der Waals surface area contributed by atoms with Gasteiger partial charge in [-0.05, 0) is 50.1 Å². The molecule has 2 N–H and O–H groups in total. The van der Waals surface area contributed by atoms with Gasteiger partial charge in [0.1, 0.15) is 5.82 Å². The Balaban J connectivity index is 2.18. The lowest BCUT2D eigenvalue weighted by Crippen LogP contribution is -2.47. The second-order valence-corrected chi connectivity index (χ2v) is 5.78. The summed E-state index contributed by atoms with van der Waals surface area (Å²) in [6.45, 7) is 11.2. The SMILES string of the molecule is CCCN1CCN(c2cc(C)c(F)cc2[C@H](C)N)CC1. The van der Waals surface area contributed by atoms with Gasteiger partial charge >= 0.3 is 0 Å². The van der Waals surface area contributed by atoms with Crippen molar-refractivity contribution < 1.29 is 4.39 Å². The van der Waals surface area contributed by atoms with Crippen LogP contribution in [-0.4, -0.2) is 37.6 Å². The van der Waals surface area contributed by atoms with Gasteiger partial charge in [-0.15, -0.1) is 0 Å². The molecule has 0 spiro atoms. The minimum Gasteiger partial charge on any atom is -0.369 e. The van der Waals surface area contributed by atoms with Crippen molar-refractivity contribution in [3.8, 4) is 0 Å². The fourth-order valence-corrected chi connectivity index (χ4v) is 2.85. The Morgan fingerprint density at radius 2 is 1.90 bits per heavy atom. The van der Waals surface area contributed by atoms with Gasteiger partial charge in [-0.1, -0.05) is 6.92 Å². The summed E-state index contributed by atoms with van der Waals surface area (Å²) in [5.74, 6) is -0.161. The van der Waals surface area contributed by atoms with Gasteiger partial charge in [0.2, 0.25) is 0 Å². The van der Waals surface area contributed by atoms with Crippen LogP contribution in [0.5, 0.6) is 0 Å². The van der Waals surface area contributed by atoms with E-state index in [-0.39, 0.29) is 11.9 Å². The van der Waals surface area contributed by atoms with Gasteiger partial charge in [0.25, 0.3) is 0 Å². The molecule has 0 aromatic heterocycles. The third-order valence-corrected chi connectivity index (χ3v) is 4.05. The Morgan fingerprint density at radius 3 is 2.45 bits per heavy atom. The molecule has 1 atom stereocenters. The molecule has 0 aliphatic carbocycles. The number of hydrogen-bond acceptors (Lipinski definition) is 3. The van der Waals surface area contributed by atoms with Crippen LogP contribution in [0.15, 0.2) is 12.1 Å². The average Bonchev–Trinajstić information content (AvgIpc) is 2.42. The molecule has 1 fully saturated rings. The summed E-state index contributed by atoms with van der Waals surface area (Å²) in [6, 6.07) is 3.41. The maximum atomic E-state index is 13.8. The van der Waals surface area contributed by atoms with Gasteiger partial charge in [-0.25, -0.2) is 4.39 Å². The lowest BCUT2D eigenvalue weighted by molar-refractivity contribution is 0.258. The fraction of sp³-hybridized carbons (Fsp3) is 0.625. The van der Waals surface area contributed by atoms with Crippen LogP contribution in [-0.2, 0) is 0 Å². The molecule has 1 aromatic carbocycles. The second kappa shape index (κ2) is 6.55. The molecule has 20 heavy (non-hydrogen) atoms. The predicted molar refractivity (Wildman–Crippen MR) is 82.7 cm³/mol. The molecule has 112 valence electrons. The predicted octanol–water partition coefficient (Wildman–Crippen LogP) is 2.69. The minimum absolute atomic E-state index is 0.145. The van der Waals surface area contributed by atoms with Crippen LogP contribution in [0.1, 0.15) is 37.4 Å². The van der Waals surface area contributed by atoms with E-state index in [9.17, 15) is 4.39 Å². The zero-order chi connectivity index (χ0) is 14.7. The highest BCUT2D eigenvalue weighted by atomic mass is 19.1. The molecule has 0 radical (unpaired) electrons. The van der Waals surface area contributed by atoms with Crippen molar-refractivity contribution in [1.29, 1.82) is 0 Å². The molecular formula is C16H26FN3. The Bertz CT molecular complexity index is 451. The normalized spacial score (nSPS) is 18.4. The van der Waals surface area contributed by atoms with Gasteiger partial charge in [-0.2, -0.15) is 0 Å². The molecule has 1 saturated heterocycles. The van der Waals surface area contributed by atoms with E-state index >= 15 is 0 Å². The largest absolute Gasteiger partial charge is 0.369 e. The van der Waals surface area contributed by atoms with E-state index in [2.05, 4.69) is 16.7 Å². The molecule has 0 unspecified atom stereocenters. The summed E-state index contributed by atoms with van der Waals surface area (Å²) in [7, 11) is 0. The number of piperazine rings is 1. The zero-order valence-corrected chi connectivity index (χ0v) is 12.8. The summed E-state index contributed by atoms with van der Waals surface area (Å²) < 4.78 is 13.8. The van der Waals surface area contributed by atoms with Crippen molar-refractivity contribution in [2.75, 3.05) is 37.6 Å². The van der Waals surface area contributed by atoms with Crippen molar-refractivity contribution in [3.05, 3.63) is 29.1 Å². The molecule has 0 saturated carbocycles. The molecule has 0 amide bonds. The maximum absolute atomic E-state index is 13.8. The van der Waals surface area contributed by atoms with Gasteiger partial charge in [0.05, 0.1) is 0 Å². The quantitative estimate of drug-likeness (QED) is 0.920. The lowest BCUT2D eigenvalue weighted by atomic mass is 10.0. The topological polar surface area (TPSA) is 32.5 Å². The van der Waals surface area contributed by atoms with Crippen LogP contribution in [0, 0.1) is 12.7 Å². The lowest BCUT2D eigenvalue weighted by Gasteiger charge is -2.37. The first-order valence-electron chi connectivity index (χ1n) is 7.55. The van der Waals surface area contributed by atoms with Crippen molar-refractivity contribution >= 4 is 5.69 Å². The van der Waals surface area contributed by atoms with Gasteiger partial charge in [-0.3, -0.25) is 4.90 Å². The number of hydrogen-bond donors (Lipinski definition) is 1. The summed E-state index contributed by atoms with van der Waals surface area (Å²) in [6.07, 6.45) is 1.20. The zero-order valence-electron chi connectivity index (χ0n) is 12.8. The Labute approximate surface area is 121 Å². The number of anilines is 1. The smallest absolute Gasteiger partial charge is 0.126 e. The second-order valence-electron chi connectivity index (χ2n) is 5.78. The Morgan fingerprint density at radius 1 is 1.25 bits per heavy atom. The minimum atomic E-state index is -0.161. The van der Waals surface area contributed by atoms with Crippen molar-refractivity contribution in [2.45, 2.75) is 33.2 Å². The molecular weight excluding hydrogens is 253 g/mol. The van der Waals surface area contributed by atoms with E-state index in [0.29, 0.717) is 5.56 Å². The number of halogens is 1. The molecule has 0 bridgehead atoms. The van der Waals surface area contributed by atoms with Crippen LogP contribution in [0.3, 0.4) is 0 Å². The van der Waals surface area contributed by atoms with Crippen molar-refractivity contribution in [2.24, 2.45) is 5.73 Å². The number of nitrogens with zero attached hydrogens (tertiary/aromatic N) is 2. The summed E-state index contributed by atoms with van der Waals surface area (Å²) in [4.78, 5) is 4.83. The fourth-order valence-electron chi connectivity index (χ4n) is 2.85. The Hall–Kier alpha value is -1.13. The third-order valence-electron chi connectivity index (χ3n) is 4.05. The van der Waals surface area contributed by atoms with E-state index < -0.39 is 0 Å². The summed E-state index contributed by atoms with van der Waals surface area (Å²) in [5.41, 5.74) is 8.73. The van der Waals surface area contributed by atoms with Crippen LogP contribution in [0.4, 0.5) is 10.1 Å². The van der Waals surface area contributed by atoms with Crippen LogP contribution < -0.4 is 10.6 Å². The highest BCUT2D eigenvalue weighted by molar-refractivity contribution is 5.57. The summed E-state index contributed by atoms with van der Waals surface area (Å²) >= 11 is 0. The highest BCUT2D eigenvalue weighted by Gasteiger charge is 2.21. The number of nitrogens with two attached hydrogens (primary N) is 1. The standard InChI is InChI=1S/C16H26FN3/c1-4-5-19-6-8-20(9-7-19)16-10-12(2)15(17)11-14(16)13(3)18/h10-11,13H,4-9,18H2,1-3H3/t13-/m0/s1. The summed E-state index contributed by atoms with van der Waals surface area (Å²) in [5, 5.41) is 0.